The molecule has 2 aromatic rings. The fraction of sp³-hybridized carbons (Fsp3) is 0.533. The minimum Gasteiger partial charge on any atom is -0.469 e. The fourth-order valence-electron chi connectivity index (χ4n) is 2.42. The summed E-state index contributed by atoms with van der Waals surface area (Å²) in [6.07, 6.45) is -4.23. The van der Waals surface area contributed by atoms with Gasteiger partial charge in [-0.3, -0.25) is 9.59 Å². The van der Waals surface area contributed by atoms with Crippen molar-refractivity contribution in [1.82, 2.24) is 24.9 Å². The second-order valence-corrected chi connectivity index (χ2v) is 5.58. The summed E-state index contributed by atoms with van der Waals surface area (Å²) in [5.41, 5.74) is 1.55. The van der Waals surface area contributed by atoms with Gasteiger partial charge in [-0.25, -0.2) is 9.50 Å². The van der Waals surface area contributed by atoms with Crippen LogP contribution in [-0.4, -0.2) is 45.1 Å². The third kappa shape index (κ3) is 4.46. The molecule has 0 spiro atoms. The molecule has 0 aliphatic carbocycles. The molecule has 2 aromatic heterocycles. The molecule has 26 heavy (non-hydrogen) atoms. The highest BCUT2D eigenvalue weighted by atomic mass is 19.4. The third-order valence-electron chi connectivity index (χ3n) is 3.78. The van der Waals surface area contributed by atoms with Gasteiger partial charge in [-0.05, 0) is 25.8 Å². The SMILES string of the molecule is COC(=O)CCNC(=O)CCc1c(C)nc2nc(C(F)(F)F)nn2c1C. The van der Waals surface area contributed by atoms with Crippen LogP contribution in [0.5, 0.6) is 0 Å². The largest absolute Gasteiger partial charge is 0.469 e. The lowest BCUT2D eigenvalue weighted by molar-refractivity contribution is -0.144. The van der Waals surface area contributed by atoms with Crippen molar-refractivity contribution in [2.75, 3.05) is 13.7 Å². The number of fused-ring (bicyclic) bond motifs is 1. The first-order valence-electron chi connectivity index (χ1n) is 7.77. The van der Waals surface area contributed by atoms with E-state index in [1.165, 1.54) is 7.11 Å². The van der Waals surface area contributed by atoms with Gasteiger partial charge < -0.3 is 10.1 Å². The van der Waals surface area contributed by atoms with Gasteiger partial charge in [0.25, 0.3) is 11.6 Å². The maximum Gasteiger partial charge on any atom is 0.453 e. The van der Waals surface area contributed by atoms with Gasteiger partial charge in [-0.15, -0.1) is 5.10 Å². The first-order chi connectivity index (χ1) is 12.1. The van der Waals surface area contributed by atoms with Gasteiger partial charge in [0, 0.05) is 24.4 Å². The van der Waals surface area contributed by atoms with Gasteiger partial charge in [0.05, 0.1) is 13.5 Å². The van der Waals surface area contributed by atoms with E-state index < -0.39 is 18.0 Å². The minimum absolute atomic E-state index is 0.0625. The Labute approximate surface area is 146 Å². The van der Waals surface area contributed by atoms with Gasteiger partial charge in [0.1, 0.15) is 0 Å². The topological polar surface area (TPSA) is 98.5 Å². The van der Waals surface area contributed by atoms with E-state index in [1.54, 1.807) is 13.8 Å². The molecule has 142 valence electrons. The van der Waals surface area contributed by atoms with Crippen LogP contribution in [-0.2, 0) is 26.9 Å². The molecule has 0 bridgehead atoms. The van der Waals surface area contributed by atoms with E-state index in [4.69, 9.17) is 0 Å². The van der Waals surface area contributed by atoms with Crippen molar-refractivity contribution < 1.29 is 27.5 Å². The summed E-state index contributed by atoms with van der Waals surface area (Å²) in [6.45, 7) is 3.39. The number of carbonyl (C=O) groups excluding carboxylic acids is 2. The summed E-state index contributed by atoms with van der Waals surface area (Å²) < 4.78 is 43.8. The van der Waals surface area contributed by atoms with Crippen molar-refractivity contribution in [2.45, 2.75) is 39.3 Å². The van der Waals surface area contributed by atoms with Crippen molar-refractivity contribution in [2.24, 2.45) is 0 Å². The summed E-state index contributed by atoms with van der Waals surface area (Å²) in [6, 6.07) is 0. The van der Waals surface area contributed by atoms with Crippen LogP contribution in [0.1, 0.15) is 35.6 Å². The van der Waals surface area contributed by atoms with Crippen LogP contribution in [0.25, 0.3) is 5.78 Å². The number of esters is 1. The number of carbonyl (C=O) groups is 2. The molecule has 2 heterocycles. The molecule has 0 aliphatic heterocycles. The van der Waals surface area contributed by atoms with Crippen LogP contribution in [0.3, 0.4) is 0 Å². The maximum absolute atomic E-state index is 12.8. The summed E-state index contributed by atoms with van der Waals surface area (Å²) in [4.78, 5) is 30.3. The molecular formula is C15H18F3N5O3. The number of alkyl halides is 3. The number of methoxy groups -OCH3 is 1. The summed E-state index contributed by atoms with van der Waals surface area (Å²) >= 11 is 0. The van der Waals surface area contributed by atoms with Crippen LogP contribution < -0.4 is 5.32 Å². The first-order valence-corrected chi connectivity index (χ1v) is 7.77. The minimum atomic E-state index is -4.66. The third-order valence-corrected chi connectivity index (χ3v) is 3.78. The smallest absolute Gasteiger partial charge is 0.453 e. The number of hydrogen-bond acceptors (Lipinski definition) is 6. The van der Waals surface area contributed by atoms with Crippen molar-refractivity contribution in [3.63, 3.8) is 0 Å². The molecule has 8 nitrogen and oxygen atoms in total. The second kappa shape index (κ2) is 7.67. The van der Waals surface area contributed by atoms with Crippen LogP contribution in [0.2, 0.25) is 0 Å². The predicted octanol–water partition coefficient (Wildman–Crippen LogP) is 1.37. The predicted molar refractivity (Wildman–Crippen MR) is 83.2 cm³/mol. The van der Waals surface area contributed by atoms with Crippen LogP contribution >= 0.6 is 0 Å². The first kappa shape index (κ1) is 19.6. The number of amides is 1. The van der Waals surface area contributed by atoms with Crippen molar-refractivity contribution >= 4 is 17.7 Å². The molecule has 1 amide bonds. The summed E-state index contributed by atoms with van der Waals surface area (Å²) in [7, 11) is 1.26. The molecule has 1 N–H and O–H groups in total. The molecule has 0 aromatic carbocycles. The number of ether oxygens (including phenoxy) is 1. The fourth-order valence-corrected chi connectivity index (χ4v) is 2.42. The summed E-state index contributed by atoms with van der Waals surface area (Å²) in [5.74, 6) is -2.12. The van der Waals surface area contributed by atoms with Gasteiger partial charge in [0.15, 0.2) is 0 Å². The average Bonchev–Trinajstić information content (AvgIpc) is 2.98. The zero-order valence-corrected chi connectivity index (χ0v) is 14.5. The molecule has 11 heteroatoms. The molecule has 0 radical (unpaired) electrons. The zero-order valence-electron chi connectivity index (χ0n) is 14.5. The summed E-state index contributed by atoms with van der Waals surface area (Å²) in [5, 5.41) is 6.03. The van der Waals surface area contributed by atoms with E-state index in [0.717, 1.165) is 4.52 Å². The Balaban J connectivity index is 2.09. The molecule has 0 fully saturated rings. The lowest BCUT2D eigenvalue weighted by atomic mass is 10.1. The van der Waals surface area contributed by atoms with E-state index in [0.29, 0.717) is 17.0 Å². The zero-order chi connectivity index (χ0) is 19.5. The number of nitrogens with zero attached hydrogens (tertiary/aromatic N) is 4. The second-order valence-electron chi connectivity index (χ2n) is 5.58. The Morgan fingerprint density at radius 3 is 2.50 bits per heavy atom. The molecule has 2 rings (SSSR count). The molecule has 0 saturated heterocycles. The van der Waals surface area contributed by atoms with E-state index >= 15 is 0 Å². The molecule has 0 aliphatic rings. The Morgan fingerprint density at radius 2 is 1.88 bits per heavy atom. The number of nitrogens with one attached hydrogen (secondary N) is 1. The molecule has 0 unspecified atom stereocenters. The van der Waals surface area contributed by atoms with Crippen LogP contribution in [0.15, 0.2) is 0 Å². The van der Waals surface area contributed by atoms with E-state index in [-0.39, 0.29) is 37.5 Å². The number of halogens is 3. The number of rotatable bonds is 6. The van der Waals surface area contributed by atoms with Crippen LogP contribution in [0, 0.1) is 13.8 Å². The number of aromatic nitrogens is 4. The Morgan fingerprint density at radius 1 is 1.19 bits per heavy atom. The normalized spacial score (nSPS) is 11.6. The van der Waals surface area contributed by atoms with Crippen molar-refractivity contribution in [3.05, 3.63) is 22.8 Å². The quantitative estimate of drug-likeness (QED) is 0.768. The van der Waals surface area contributed by atoms with Gasteiger partial charge in [0.2, 0.25) is 5.91 Å². The monoisotopic (exact) mass is 373 g/mol. The number of hydrogen-bond donors (Lipinski definition) is 1. The molecular weight excluding hydrogens is 355 g/mol. The Hall–Kier alpha value is -2.72. The average molecular weight is 373 g/mol. The Bertz CT molecular complexity index is 832. The highest BCUT2D eigenvalue weighted by molar-refractivity contribution is 5.77. The van der Waals surface area contributed by atoms with Gasteiger partial charge >= 0.3 is 12.1 Å². The maximum atomic E-state index is 12.8. The molecule has 0 atom stereocenters. The highest BCUT2D eigenvalue weighted by Gasteiger charge is 2.36. The lowest BCUT2D eigenvalue weighted by Crippen LogP contribution is -2.26. The van der Waals surface area contributed by atoms with Gasteiger partial charge in [-0.2, -0.15) is 18.2 Å². The van der Waals surface area contributed by atoms with Gasteiger partial charge in [-0.1, -0.05) is 0 Å². The van der Waals surface area contributed by atoms with E-state index in [1.807, 2.05) is 0 Å². The van der Waals surface area contributed by atoms with Crippen molar-refractivity contribution in [1.29, 1.82) is 0 Å². The van der Waals surface area contributed by atoms with Crippen LogP contribution in [0.4, 0.5) is 13.2 Å². The van der Waals surface area contributed by atoms with E-state index in [2.05, 4.69) is 25.1 Å². The van der Waals surface area contributed by atoms with E-state index in [9.17, 15) is 22.8 Å². The molecule has 0 saturated carbocycles. The number of aryl methyl sites for hydroxylation is 2. The standard InChI is InChI=1S/C15H18F3N5O3/c1-8-10(4-5-11(24)19-7-6-12(25)26-3)9(2)23-14(20-8)21-13(22-23)15(16,17)18/h4-7H2,1-3H3,(H,19,24). The lowest BCUT2D eigenvalue weighted by Gasteiger charge is -2.10. The Kier molecular flexibility index (Phi) is 5.78. The van der Waals surface area contributed by atoms with Crippen molar-refractivity contribution in [3.8, 4) is 0 Å². The highest BCUT2D eigenvalue weighted by Crippen LogP contribution is 2.27.